The molecule has 0 bridgehead atoms. The molecule has 6 rings (SSSR count). The Balaban J connectivity index is 0.000000228. The Morgan fingerprint density at radius 3 is 1.43 bits per heavy atom. The average Bonchev–Trinajstić information content (AvgIpc) is 4.13. The molecule has 4 aromatic rings. The lowest BCUT2D eigenvalue weighted by molar-refractivity contribution is 0.0858. The molecule has 1 atom stereocenters. The summed E-state index contributed by atoms with van der Waals surface area (Å²) in [7, 11) is -5.88. The smallest absolute Gasteiger partial charge is 0.238 e. The van der Waals surface area contributed by atoms with Crippen LogP contribution in [0.1, 0.15) is 38.5 Å². The predicted molar refractivity (Wildman–Crippen MR) is 232 cm³/mol. The maximum Gasteiger partial charge on any atom is 0.238 e. The van der Waals surface area contributed by atoms with Crippen LogP contribution in [0.4, 0.5) is 60.5 Å². The Bertz CT molecular complexity index is 2510. The van der Waals surface area contributed by atoms with Crippen LogP contribution in [0.2, 0.25) is 0 Å². The van der Waals surface area contributed by atoms with Crippen LogP contribution in [0.5, 0.6) is 11.5 Å². The minimum atomic E-state index is -4.23. The third-order valence-corrected chi connectivity index (χ3v) is 15.5. The molecule has 326 valence electrons. The van der Waals surface area contributed by atoms with Gasteiger partial charge in [-0.15, -0.1) is 6.58 Å². The Morgan fingerprint density at radius 1 is 0.700 bits per heavy atom. The van der Waals surface area contributed by atoms with Crippen LogP contribution in [-0.2, 0) is 20.0 Å². The number of allylic oxidation sites excluding steroid dienone is 1. The van der Waals surface area contributed by atoms with Gasteiger partial charge in [0, 0.05) is 19.3 Å². The molecule has 0 amide bonds. The summed E-state index contributed by atoms with van der Waals surface area (Å²) in [5.74, 6) is -7.43. The molecule has 22 heteroatoms. The number of hydrogen-bond acceptors (Lipinski definition) is 10. The van der Waals surface area contributed by atoms with E-state index in [0.717, 1.165) is 19.2 Å². The second kappa shape index (κ2) is 18.7. The molecule has 2 saturated carbocycles. The van der Waals surface area contributed by atoms with Crippen molar-refractivity contribution in [3.05, 3.63) is 103 Å². The van der Waals surface area contributed by atoms with Crippen molar-refractivity contribution in [2.75, 3.05) is 40.9 Å². The summed E-state index contributed by atoms with van der Waals surface area (Å²) in [5, 5.41) is 23.6. The fourth-order valence-corrected chi connectivity index (χ4v) is 10.4. The van der Waals surface area contributed by atoms with Crippen molar-refractivity contribution in [3.63, 3.8) is 0 Å². The van der Waals surface area contributed by atoms with Crippen molar-refractivity contribution < 1.29 is 62.9 Å². The van der Waals surface area contributed by atoms with Crippen molar-refractivity contribution >= 4 is 99.4 Å². The largest absolute Gasteiger partial charge is 0.494 e. The first kappa shape index (κ1) is 47.3. The lowest BCUT2D eigenvalue weighted by atomic mass is 10.2. The fourth-order valence-electron chi connectivity index (χ4n) is 6.10. The van der Waals surface area contributed by atoms with Gasteiger partial charge in [0.25, 0.3) is 0 Å². The Hall–Kier alpha value is -3.72. The first-order chi connectivity index (χ1) is 28.2. The number of methoxy groups -OCH3 is 2. The van der Waals surface area contributed by atoms with Gasteiger partial charge in [-0.2, -0.15) is 0 Å². The minimum absolute atomic E-state index is 0.148. The van der Waals surface area contributed by atoms with E-state index in [9.17, 15) is 48.3 Å². The van der Waals surface area contributed by atoms with Crippen LogP contribution < -0.4 is 29.6 Å². The summed E-state index contributed by atoms with van der Waals surface area (Å²) in [6.45, 7) is 2.95. The molecule has 4 aromatic carbocycles. The molecule has 0 heterocycles. The molecule has 0 aromatic heterocycles. The Labute approximate surface area is 369 Å². The van der Waals surface area contributed by atoms with Gasteiger partial charge in [0.05, 0.1) is 47.8 Å². The first-order valence-electron chi connectivity index (χ1n) is 17.7. The third kappa shape index (κ3) is 10.1. The van der Waals surface area contributed by atoms with Crippen molar-refractivity contribution in [1.29, 1.82) is 0 Å². The summed E-state index contributed by atoms with van der Waals surface area (Å²) >= 11 is 3.78. The molecule has 6 N–H and O–H groups in total. The molecule has 1 unspecified atom stereocenters. The van der Waals surface area contributed by atoms with Gasteiger partial charge in [0.1, 0.15) is 45.9 Å². The molecule has 0 radical (unpaired) electrons. The highest BCUT2D eigenvalue weighted by molar-refractivity contribution is 14.1. The van der Waals surface area contributed by atoms with E-state index in [4.69, 9.17) is 14.6 Å². The van der Waals surface area contributed by atoms with Gasteiger partial charge < -0.3 is 30.3 Å². The number of anilines is 6. The maximum atomic E-state index is 14.7. The highest BCUT2D eigenvalue weighted by Gasteiger charge is 2.56. The van der Waals surface area contributed by atoms with Crippen LogP contribution in [0.15, 0.2) is 61.2 Å². The maximum absolute atomic E-state index is 14.7. The third-order valence-electron chi connectivity index (χ3n) is 9.75. The average molecular weight is 1110 g/mol. The van der Waals surface area contributed by atoms with E-state index in [2.05, 4.69) is 26.7 Å². The standard InChI is InChI=1S/C19H20F3IN2O5S.C19H18F3IN2O3S/c1-30-15-7-13(21)16(22)18(24-14-3-2-10(23)6-12(14)20)17(15)25-31(28,29)19(4-5-19)8-11(27)9-26;1-3-6-19(7-8-19)29(26,27)25-17-15(28-2)10-13(21)16(22)18(17)24-14-5-4-11(23)9-12(14)20/h2-3,6-7,11,24-27H,4-5,8-9H2,1H3;3-5,9-10,24-25H,1,6-8H2,2H3. The van der Waals surface area contributed by atoms with Gasteiger partial charge in [-0.1, -0.05) is 6.08 Å². The molecule has 60 heavy (non-hydrogen) atoms. The normalized spacial score (nSPS) is 15.5. The number of aliphatic hydroxyl groups excluding tert-OH is 2. The van der Waals surface area contributed by atoms with Gasteiger partial charge in [-0.3, -0.25) is 9.44 Å². The fraction of sp³-hybridized carbons (Fsp3) is 0.316. The summed E-state index contributed by atoms with van der Waals surface area (Å²) in [6, 6.07) is 9.49. The van der Waals surface area contributed by atoms with Crippen LogP contribution >= 0.6 is 45.2 Å². The van der Waals surface area contributed by atoms with Gasteiger partial charge >= 0.3 is 0 Å². The van der Waals surface area contributed by atoms with Crippen LogP contribution in [0.3, 0.4) is 0 Å². The SMILES string of the molecule is C=CCC1(S(=O)(=O)Nc2c(OC)cc(F)c(F)c2Nc2ccc(I)cc2F)CC1.COc1cc(F)c(F)c(Nc2ccc(I)cc2F)c1NS(=O)(=O)C1(CC(O)CO)CC1. The zero-order chi connectivity index (χ0) is 44.4. The van der Waals surface area contributed by atoms with Crippen molar-refractivity contribution in [3.8, 4) is 11.5 Å². The zero-order valence-corrected chi connectivity index (χ0v) is 37.6. The summed E-state index contributed by atoms with van der Waals surface area (Å²) in [5.41, 5.74) is -2.35. The Kier molecular flexibility index (Phi) is 14.8. The predicted octanol–water partition coefficient (Wildman–Crippen LogP) is 8.79. The molecular formula is C38H38F6I2N4O8S2. The first-order valence-corrected chi connectivity index (χ1v) is 22.8. The molecule has 12 nitrogen and oxygen atoms in total. The van der Waals surface area contributed by atoms with Gasteiger partial charge in [0.2, 0.25) is 20.0 Å². The number of benzene rings is 4. The molecule has 2 aliphatic rings. The van der Waals surface area contributed by atoms with Crippen molar-refractivity contribution in [1.82, 2.24) is 0 Å². The van der Waals surface area contributed by atoms with Crippen molar-refractivity contribution in [2.45, 2.75) is 54.1 Å². The molecule has 0 saturated heterocycles. The van der Waals surface area contributed by atoms with Crippen LogP contribution in [0.25, 0.3) is 0 Å². The molecule has 2 fully saturated rings. The monoisotopic (exact) mass is 1110 g/mol. The second-order valence-electron chi connectivity index (χ2n) is 13.9. The molecule has 2 aliphatic carbocycles. The highest BCUT2D eigenvalue weighted by Crippen LogP contribution is 2.51. The summed E-state index contributed by atoms with van der Waals surface area (Å²) in [6.07, 6.45) is 1.45. The molecule has 0 spiro atoms. The quantitative estimate of drug-likeness (QED) is 0.0341. The number of nitrogens with one attached hydrogen (secondary N) is 4. The van der Waals surface area contributed by atoms with Gasteiger partial charge in [0.15, 0.2) is 23.3 Å². The number of halogens is 8. The van der Waals surface area contributed by atoms with Crippen LogP contribution in [0, 0.1) is 42.0 Å². The van der Waals surface area contributed by atoms with E-state index in [-0.39, 0.29) is 54.2 Å². The van der Waals surface area contributed by atoms with E-state index in [1.165, 1.54) is 37.5 Å². The Morgan fingerprint density at radius 2 is 1.10 bits per heavy atom. The van der Waals surface area contributed by atoms with E-state index < -0.39 is 94.2 Å². The van der Waals surface area contributed by atoms with Crippen molar-refractivity contribution in [2.24, 2.45) is 0 Å². The zero-order valence-electron chi connectivity index (χ0n) is 31.6. The number of rotatable bonds is 17. The molecular weight excluding hydrogens is 1070 g/mol. The lowest BCUT2D eigenvalue weighted by Crippen LogP contribution is -2.34. The highest BCUT2D eigenvalue weighted by atomic mass is 127. The topological polar surface area (TPSA) is 175 Å². The van der Waals surface area contributed by atoms with E-state index in [1.807, 2.05) is 45.2 Å². The van der Waals surface area contributed by atoms with Gasteiger partial charge in [-0.05, 0) is 120 Å². The second-order valence-corrected chi connectivity index (χ2v) is 20.5. The van der Waals surface area contributed by atoms with E-state index in [0.29, 0.717) is 26.0 Å². The number of ether oxygens (including phenoxy) is 2. The minimum Gasteiger partial charge on any atom is -0.494 e. The number of hydrogen-bond donors (Lipinski definition) is 6. The summed E-state index contributed by atoms with van der Waals surface area (Å²) < 4.78 is 151. The van der Waals surface area contributed by atoms with Gasteiger partial charge in [-0.25, -0.2) is 43.2 Å². The van der Waals surface area contributed by atoms with Crippen LogP contribution in [-0.4, -0.2) is 63.5 Å². The lowest BCUT2D eigenvalue weighted by Gasteiger charge is -2.23. The number of sulfonamides is 2. The number of aliphatic hydroxyl groups is 2. The summed E-state index contributed by atoms with van der Waals surface area (Å²) in [4.78, 5) is 0. The van der Waals surface area contributed by atoms with E-state index >= 15 is 0 Å². The molecule has 0 aliphatic heterocycles. The van der Waals surface area contributed by atoms with E-state index in [1.54, 1.807) is 6.07 Å².